The number of aromatic nitrogens is 2. The number of hydrogen-bond acceptors (Lipinski definition) is 5. The van der Waals surface area contributed by atoms with Crippen LogP contribution in [0.4, 0.5) is 18.9 Å². The van der Waals surface area contributed by atoms with Crippen molar-refractivity contribution in [1.29, 1.82) is 5.26 Å². The number of nitriles is 1. The number of halogens is 3. The predicted octanol–water partition coefficient (Wildman–Crippen LogP) is 5.11. The molecule has 1 aromatic heterocycles. The Labute approximate surface area is 213 Å². The van der Waals surface area contributed by atoms with Crippen molar-refractivity contribution < 1.29 is 22.7 Å². The molecule has 0 spiro atoms. The molecular formula is C27H28F3N5O2. The smallest absolute Gasteiger partial charge is 0.406 e. The van der Waals surface area contributed by atoms with Crippen molar-refractivity contribution in [2.75, 3.05) is 18.0 Å². The number of unbranched alkanes of at least 4 members (excludes halogenated alkanes) is 1. The summed E-state index contributed by atoms with van der Waals surface area (Å²) in [6.45, 7) is 3.71. The van der Waals surface area contributed by atoms with Crippen LogP contribution in [0, 0.1) is 11.3 Å². The molecule has 0 saturated carbocycles. The fraction of sp³-hybridized carbons (Fsp3) is 0.370. The number of hydrogen-bond donors (Lipinski definition) is 0. The highest BCUT2D eigenvalue weighted by Crippen LogP contribution is 2.29. The Morgan fingerprint density at radius 1 is 1.16 bits per heavy atom. The summed E-state index contributed by atoms with van der Waals surface area (Å²) in [6, 6.07) is 15.1. The quantitative estimate of drug-likeness (QED) is 0.399. The second kappa shape index (κ2) is 11.5. The molecule has 0 aliphatic carbocycles. The SMILES string of the molecule is CCCCC1CN(c2cccc(OC(F)(F)F)c2)C(=O)CN1Cc1cncn1Cc1ccc(C#N)cc1. The van der Waals surface area contributed by atoms with Gasteiger partial charge >= 0.3 is 6.36 Å². The number of carbonyl (C=O) groups excluding carboxylic acids is 1. The summed E-state index contributed by atoms with van der Waals surface area (Å²) in [5.74, 6) is -0.535. The molecule has 1 aliphatic heterocycles. The lowest BCUT2D eigenvalue weighted by Crippen LogP contribution is -2.56. The second-order valence-electron chi connectivity index (χ2n) is 9.07. The van der Waals surface area contributed by atoms with Gasteiger partial charge in [0, 0.05) is 43.6 Å². The van der Waals surface area contributed by atoms with Crippen molar-refractivity contribution in [3.8, 4) is 11.8 Å². The Bertz CT molecular complexity index is 1250. The van der Waals surface area contributed by atoms with Gasteiger partial charge in [-0.25, -0.2) is 4.98 Å². The van der Waals surface area contributed by atoms with Crippen LogP contribution in [0.1, 0.15) is 43.0 Å². The van der Waals surface area contributed by atoms with Gasteiger partial charge in [0.1, 0.15) is 5.75 Å². The van der Waals surface area contributed by atoms with E-state index in [-0.39, 0.29) is 24.2 Å². The van der Waals surface area contributed by atoms with Crippen molar-refractivity contribution in [1.82, 2.24) is 14.5 Å². The van der Waals surface area contributed by atoms with Gasteiger partial charge in [0.15, 0.2) is 0 Å². The minimum atomic E-state index is -4.80. The zero-order valence-corrected chi connectivity index (χ0v) is 20.5. The van der Waals surface area contributed by atoms with Crippen LogP contribution < -0.4 is 9.64 Å². The lowest BCUT2D eigenvalue weighted by Gasteiger charge is -2.41. The molecule has 1 unspecified atom stereocenters. The molecule has 4 rings (SSSR count). The number of anilines is 1. The Morgan fingerprint density at radius 2 is 1.95 bits per heavy atom. The first kappa shape index (κ1) is 26.2. The molecule has 0 bridgehead atoms. The maximum absolute atomic E-state index is 13.2. The van der Waals surface area contributed by atoms with Crippen LogP contribution in [-0.2, 0) is 17.9 Å². The summed E-state index contributed by atoms with van der Waals surface area (Å²) in [5.41, 5.74) is 2.97. The standard InChI is InChI=1S/C27H28F3N5O2/c1-2-3-5-23-17-35(22-6-4-7-25(12-22)37-27(28,29)30)26(36)18-33(23)16-24-14-32-19-34(24)15-21-10-8-20(13-31)9-11-21/h4,6-12,14,19,23H,2-3,5,15-18H2,1H3. The summed E-state index contributed by atoms with van der Waals surface area (Å²) in [4.78, 5) is 21.1. The van der Waals surface area contributed by atoms with Crippen molar-refractivity contribution >= 4 is 11.6 Å². The van der Waals surface area contributed by atoms with Crippen LogP contribution in [0.25, 0.3) is 0 Å². The molecule has 1 fully saturated rings. The van der Waals surface area contributed by atoms with E-state index in [4.69, 9.17) is 5.26 Å². The van der Waals surface area contributed by atoms with E-state index in [0.29, 0.717) is 30.9 Å². The van der Waals surface area contributed by atoms with Crippen LogP contribution >= 0.6 is 0 Å². The number of amides is 1. The molecule has 194 valence electrons. The van der Waals surface area contributed by atoms with Gasteiger partial charge in [0.2, 0.25) is 5.91 Å². The zero-order chi connectivity index (χ0) is 26.4. The van der Waals surface area contributed by atoms with Crippen molar-refractivity contribution in [2.24, 2.45) is 0 Å². The van der Waals surface area contributed by atoms with Crippen molar-refractivity contribution in [3.63, 3.8) is 0 Å². The minimum Gasteiger partial charge on any atom is -0.406 e. The molecular weight excluding hydrogens is 483 g/mol. The minimum absolute atomic E-state index is 0.0307. The van der Waals surface area contributed by atoms with E-state index in [1.54, 1.807) is 35.6 Å². The number of benzene rings is 2. The third-order valence-electron chi connectivity index (χ3n) is 6.40. The Hall–Kier alpha value is -3.84. The summed E-state index contributed by atoms with van der Waals surface area (Å²) in [5, 5.41) is 9.02. The first-order valence-electron chi connectivity index (χ1n) is 12.1. The first-order valence-corrected chi connectivity index (χ1v) is 12.1. The third kappa shape index (κ3) is 6.89. The number of piperazine rings is 1. The monoisotopic (exact) mass is 511 g/mol. The number of imidazole rings is 1. The van der Waals surface area contributed by atoms with Gasteiger partial charge in [-0.3, -0.25) is 9.69 Å². The molecule has 2 aromatic carbocycles. The summed E-state index contributed by atoms with van der Waals surface area (Å²) in [6.07, 6.45) is 1.54. The van der Waals surface area contributed by atoms with E-state index < -0.39 is 6.36 Å². The number of alkyl halides is 3. The van der Waals surface area contributed by atoms with E-state index in [0.717, 1.165) is 30.5 Å². The highest BCUT2D eigenvalue weighted by Gasteiger charge is 2.34. The molecule has 0 N–H and O–H groups in total. The van der Waals surface area contributed by atoms with E-state index >= 15 is 0 Å². The topological polar surface area (TPSA) is 74.4 Å². The summed E-state index contributed by atoms with van der Waals surface area (Å²) < 4.78 is 44.2. The maximum Gasteiger partial charge on any atom is 0.573 e. The van der Waals surface area contributed by atoms with Crippen LogP contribution in [0.15, 0.2) is 61.1 Å². The molecule has 3 aromatic rings. The van der Waals surface area contributed by atoms with E-state index in [1.807, 2.05) is 16.7 Å². The second-order valence-corrected chi connectivity index (χ2v) is 9.07. The molecule has 1 amide bonds. The highest BCUT2D eigenvalue weighted by atomic mass is 19.4. The number of carbonyl (C=O) groups is 1. The van der Waals surface area contributed by atoms with Gasteiger partial charge in [-0.05, 0) is 36.2 Å². The van der Waals surface area contributed by atoms with Crippen LogP contribution in [0.5, 0.6) is 5.75 Å². The first-order chi connectivity index (χ1) is 17.8. The van der Waals surface area contributed by atoms with Gasteiger partial charge in [0.25, 0.3) is 0 Å². The Balaban J connectivity index is 1.50. The van der Waals surface area contributed by atoms with Crippen LogP contribution in [-0.4, -0.2) is 45.9 Å². The lowest BCUT2D eigenvalue weighted by atomic mass is 10.0. The molecule has 1 saturated heterocycles. The number of ether oxygens (including phenoxy) is 1. The van der Waals surface area contributed by atoms with Crippen LogP contribution in [0.3, 0.4) is 0 Å². The molecule has 37 heavy (non-hydrogen) atoms. The van der Waals surface area contributed by atoms with Crippen molar-refractivity contribution in [3.05, 3.63) is 77.9 Å². The summed E-state index contributed by atoms with van der Waals surface area (Å²) in [7, 11) is 0. The third-order valence-corrected chi connectivity index (χ3v) is 6.40. The normalized spacial score (nSPS) is 16.6. The molecule has 2 heterocycles. The number of rotatable bonds is 9. The maximum atomic E-state index is 13.2. The Kier molecular flexibility index (Phi) is 8.14. The summed E-state index contributed by atoms with van der Waals surface area (Å²) >= 11 is 0. The van der Waals surface area contributed by atoms with Gasteiger partial charge in [-0.2, -0.15) is 5.26 Å². The van der Waals surface area contributed by atoms with Gasteiger partial charge in [-0.1, -0.05) is 38.0 Å². The Morgan fingerprint density at radius 3 is 2.65 bits per heavy atom. The van der Waals surface area contributed by atoms with Gasteiger partial charge in [-0.15, -0.1) is 13.2 Å². The largest absolute Gasteiger partial charge is 0.573 e. The molecule has 1 aliphatic rings. The van der Waals surface area contributed by atoms with Gasteiger partial charge in [0.05, 0.1) is 30.2 Å². The van der Waals surface area contributed by atoms with E-state index in [2.05, 4.69) is 27.6 Å². The average molecular weight is 512 g/mol. The lowest BCUT2D eigenvalue weighted by molar-refractivity contribution is -0.274. The van der Waals surface area contributed by atoms with Gasteiger partial charge < -0.3 is 14.2 Å². The van der Waals surface area contributed by atoms with Crippen LogP contribution in [0.2, 0.25) is 0 Å². The fourth-order valence-corrected chi connectivity index (χ4v) is 4.52. The average Bonchev–Trinajstić information content (AvgIpc) is 3.29. The molecule has 7 nitrogen and oxygen atoms in total. The molecule has 0 radical (unpaired) electrons. The molecule has 1 atom stereocenters. The van der Waals surface area contributed by atoms with E-state index in [1.165, 1.54) is 18.2 Å². The predicted molar refractivity (Wildman–Crippen MR) is 132 cm³/mol. The molecule has 10 heteroatoms. The van der Waals surface area contributed by atoms with Crippen molar-refractivity contribution in [2.45, 2.75) is 51.7 Å². The fourth-order valence-electron chi connectivity index (χ4n) is 4.52. The number of nitrogens with zero attached hydrogens (tertiary/aromatic N) is 5. The van der Waals surface area contributed by atoms with E-state index in [9.17, 15) is 18.0 Å². The highest BCUT2D eigenvalue weighted by molar-refractivity contribution is 5.95. The zero-order valence-electron chi connectivity index (χ0n) is 20.5.